The van der Waals surface area contributed by atoms with Gasteiger partial charge in [-0.25, -0.2) is 4.79 Å². The standard InChI is InChI=1S/C17H18Cl2N2O4.Na.H/c1-2-25-15(22)9-21-14-4-6-20(17(23)24)5-3-11(14)12-7-10(18)8-13(19)16(12)21;;/h7-8H,2-6,9H2,1H3,(H,23,24);;/q;+1;-1. The fourth-order valence-corrected chi connectivity index (χ4v) is 3.98. The Morgan fingerprint density at radius 3 is 2.62 bits per heavy atom. The van der Waals surface area contributed by atoms with Crippen molar-refractivity contribution in [2.24, 2.45) is 0 Å². The van der Waals surface area contributed by atoms with Gasteiger partial charge in [0.2, 0.25) is 0 Å². The molecule has 9 heteroatoms. The maximum absolute atomic E-state index is 12.1. The van der Waals surface area contributed by atoms with Gasteiger partial charge in [-0.3, -0.25) is 4.79 Å². The average Bonchev–Trinajstić information content (AvgIpc) is 2.70. The zero-order chi connectivity index (χ0) is 18.1. The van der Waals surface area contributed by atoms with E-state index in [1.54, 1.807) is 13.0 Å². The van der Waals surface area contributed by atoms with Crippen LogP contribution in [0.3, 0.4) is 0 Å². The molecule has 26 heavy (non-hydrogen) atoms. The van der Waals surface area contributed by atoms with Crippen LogP contribution in [0.1, 0.15) is 19.6 Å². The van der Waals surface area contributed by atoms with E-state index < -0.39 is 6.09 Å². The monoisotopic (exact) mass is 408 g/mol. The molecule has 1 amide bonds. The van der Waals surface area contributed by atoms with Gasteiger partial charge in [0.05, 0.1) is 17.1 Å². The van der Waals surface area contributed by atoms with Crippen molar-refractivity contribution in [2.75, 3.05) is 19.7 Å². The van der Waals surface area contributed by atoms with Crippen molar-refractivity contribution in [1.29, 1.82) is 0 Å². The first kappa shape index (κ1) is 21.4. The van der Waals surface area contributed by atoms with E-state index in [1.165, 1.54) is 4.90 Å². The molecule has 2 aromatic rings. The molecule has 0 aliphatic carbocycles. The second-order valence-electron chi connectivity index (χ2n) is 5.87. The van der Waals surface area contributed by atoms with E-state index in [0.29, 0.717) is 42.6 Å². The summed E-state index contributed by atoms with van der Waals surface area (Å²) < 4.78 is 6.92. The van der Waals surface area contributed by atoms with Gasteiger partial charge in [0.15, 0.2) is 0 Å². The number of carbonyl (C=O) groups excluding carboxylic acids is 1. The van der Waals surface area contributed by atoms with E-state index >= 15 is 0 Å². The molecule has 0 fully saturated rings. The number of halogens is 2. The number of amides is 1. The van der Waals surface area contributed by atoms with Gasteiger partial charge < -0.3 is 20.7 Å². The first-order valence-corrected chi connectivity index (χ1v) is 8.80. The Hall–Kier alpha value is -0.920. The number of hydrogen-bond acceptors (Lipinski definition) is 3. The largest absolute Gasteiger partial charge is 1.00 e. The number of nitrogens with zero attached hydrogens (tertiary/aromatic N) is 2. The van der Waals surface area contributed by atoms with Gasteiger partial charge in [-0.2, -0.15) is 0 Å². The number of carboxylic acid groups (broad SMARTS) is 1. The number of fused-ring (bicyclic) bond motifs is 3. The van der Waals surface area contributed by atoms with Gasteiger partial charge >= 0.3 is 41.6 Å². The molecule has 1 aliphatic rings. The second kappa shape index (κ2) is 8.85. The Kier molecular flexibility index (Phi) is 7.27. The topological polar surface area (TPSA) is 71.8 Å². The third kappa shape index (κ3) is 4.15. The minimum Gasteiger partial charge on any atom is -1.00 e. The molecule has 3 rings (SSSR count). The number of carbonyl (C=O) groups is 2. The Bertz CT molecular complexity index is 859. The SMILES string of the molecule is CCOC(=O)Cn1c2c(c3cc(Cl)cc(Cl)c31)CCN(C(=O)O)CC2.[H-].[Na+]. The van der Waals surface area contributed by atoms with Crippen LogP contribution in [-0.2, 0) is 28.9 Å². The van der Waals surface area contributed by atoms with Crippen molar-refractivity contribution in [2.45, 2.75) is 26.3 Å². The number of esters is 1. The van der Waals surface area contributed by atoms with Gasteiger partial charge in [0, 0.05) is 35.6 Å². The summed E-state index contributed by atoms with van der Waals surface area (Å²) in [6.45, 7) is 2.85. The molecule has 6 nitrogen and oxygen atoms in total. The van der Waals surface area contributed by atoms with Crippen molar-refractivity contribution in [3.63, 3.8) is 0 Å². The molecule has 136 valence electrons. The predicted octanol–water partition coefficient (Wildman–Crippen LogP) is 0.706. The number of rotatable bonds is 3. The number of aromatic nitrogens is 1. The molecular formula is C17H19Cl2N2NaO4. The molecule has 1 aromatic heterocycles. The third-order valence-corrected chi connectivity index (χ3v) is 4.92. The summed E-state index contributed by atoms with van der Waals surface area (Å²) in [6.07, 6.45) is 0.108. The van der Waals surface area contributed by atoms with Crippen LogP contribution in [0.5, 0.6) is 0 Å². The zero-order valence-electron chi connectivity index (χ0n) is 15.7. The number of benzene rings is 1. The summed E-state index contributed by atoms with van der Waals surface area (Å²) in [5, 5.41) is 11.1. The molecule has 0 saturated heterocycles. The minimum absolute atomic E-state index is 0. The van der Waals surface area contributed by atoms with Crippen molar-refractivity contribution >= 4 is 46.2 Å². The van der Waals surface area contributed by atoms with Crippen molar-refractivity contribution in [3.8, 4) is 0 Å². The van der Waals surface area contributed by atoms with E-state index in [-0.39, 0.29) is 43.5 Å². The minimum atomic E-state index is -0.942. The van der Waals surface area contributed by atoms with Crippen molar-refractivity contribution in [3.05, 3.63) is 33.4 Å². The van der Waals surface area contributed by atoms with Gasteiger partial charge in [-0.05, 0) is 31.0 Å². The smallest absolute Gasteiger partial charge is 1.00 e. The molecule has 1 N–H and O–H groups in total. The van der Waals surface area contributed by atoms with Crippen LogP contribution in [0.2, 0.25) is 10.0 Å². The molecule has 0 radical (unpaired) electrons. The maximum atomic E-state index is 12.1. The number of ether oxygens (including phenoxy) is 1. The Labute approximate surface area is 184 Å². The molecule has 0 atom stereocenters. The van der Waals surface area contributed by atoms with Gasteiger partial charge in [0.25, 0.3) is 0 Å². The average molecular weight is 409 g/mol. The molecule has 0 saturated carbocycles. The van der Waals surface area contributed by atoms with Crippen LogP contribution in [0.15, 0.2) is 12.1 Å². The van der Waals surface area contributed by atoms with Crippen LogP contribution >= 0.6 is 23.2 Å². The van der Waals surface area contributed by atoms with E-state index in [1.807, 2.05) is 10.6 Å². The quantitative estimate of drug-likeness (QED) is 0.599. The van der Waals surface area contributed by atoms with E-state index in [4.69, 9.17) is 27.9 Å². The molecule has 0 unspecified atom stereocenters. The zero-order valence-corrected chi connectivity index (χ0v) is 18.2. The van der Waals surface area contributed by atoms with E-state index in [9.17, 15) is 14.7 Å². The van der Waals surface area contributed by atoms with Crippen LogP contribution < -0.4 is 29.6 Å². The maximum Gasteiger partial charge on any atom is 1.00 e. The van der Waals surface area contributed by atoms with Gasteiger partial charge in [0.1, 0.15) is 6.54 Å². The Morgan fingerprint density at radius 1 is 1.27 bits per heavy atom. The number of hydrogen-bond donors (Lipinski definition) is 1. The Morgan fingerprint density at radius 2 is 1.96 bits per heavy atom. The van der Waals surface area contributed by atoms with Crippen molar-refractivity contribution < 1.29 is 50.4 Å². The van der Waals surface area contributed by atoms with Crippen LogP contribution in [0.25, 0.3) is 10.9 Å². The van der Waals surface area contributed by atoms with Crippen LogP contribution in [-0.4, -0.2) is 46.3 Å². The van der Waals surface area contributed by atoms with E-state index in [0.717, 1.165) is 22.2 Å². The van der Waals surface area contributed by atoms with Gasteiger partial charge in [-0.15, -0.1) is 0 Å². The van der Waals surface area contributed by atoms with Gasteiger partial charge in [-0.1, -0.05) is 23.2 Å². The van der Waals surface area contributed by atoms with Crippen molar-refractivity contribution in [1.82, 2.24) is 9.47 Å². The molecular weight excluding hydrogens is 390 g/mol. The summed E-state index contributed by atoms with van der Waals surface area (Å²) in [7, 11) is 0. The first-order valence-electron chi connectivity index (χ1n) is 8.04. The molecule has 0 bridgehead atoms. The molecule has 0 spiro atoms. The fourth-order valence-electron chi connectivity index (χ4n) is 3.39. The molecule has 1 aliphatic heterocycles. The summed E-state index contributed by atoms with van der Waals surface area (Å²) in [6, 6.07) is 3.47. The summed E-state index contributed by atoms with van der Waals surface area (Å²) in [4.78, 5) is 24.7. The fraction of sp³-hybridized carbons (Fsp3) is 0.412. The molecule has 2 heterocycles. The summed E-state index contributed by atoms with van der Waals surface area (Å²) >= 11 is 12.6. The van der Waals surface area contributed by atoms with E-state index in [2.05, 4.69) is 0 Å². The first-order chi connectivity index (χ1) is 11.9. The summed E-state index contributed by atoms with van der Waals surface area (Å²) in [5.41, 5.74) is 2.65. The predicted molar refractivity (Wildman–Crippen MR) is 96.7 cm³/mol. The summed E-state index contributed by atoms with van der Waals surface area (Å²) in [5.74, 6) is -0.354. The van der Waals surface area contributed by atoms with Crippen LogP contribution in [0, 0.1) is 0 Å². The third-order valence-electron chi connectivity index (χ3n) is 4.41. The molecule has 1 aromatic carbocycles. The Balaban J connectivity index is 0.00000182. The normalized spacial score (nSPS) is 13.7. The second-order valence-corrected chi connectivity index (χ2v) is 6.71. The van der Waals surface area contributed by atoms with Crippen LogP contribution in [0.4, 0.5) is 4.79 Å².